The van der Waals surface area contributed by atoms with Gasteiger partial charge >= 0.3 is 24.2 Å². The van der Waals surface area contributed by atoms with E-state index in [-0.39, 0.29) is 27.8 Å². The smallest absolute Gasteiger partial charge is 0.413 e. The average Bonchev–Trinajstić information content (AvgIpc) is 3.63. The second-order valence-corrected chi connectivity index (χ2v) is 12.8. The maximum absolute atomic E-state index is 12.5. The SMILES string of the molecule is FC(F)(F)c1nnc(-c2cnc(CC3(c4ccccn4)CCC3)nc2)o1.O=C(CNC(=O)C(F)(F)F)c1cnc(CC2(c3ccccn3)CCC2)nc1. The van der Waals surface area contributed by atoms with Crippen LogP contribution in [0.5, 0.6) is 0 Å². The molecule has 18 heteroatoms. The van der Waals surface area contributed by atoms with Gasteiger partial charge in [-0.25, -0.2) is 19.9 Å². The summed E-state index contributed by atoms with van der Waals surface area (Å²) in [6.45, 7) is -0.765. The molecule has 1 N–H and O–H groups in total. The Morgan fingerprint density at radius 1 is 0.698 bits per heavy atom. The predicted octanol–water partition coefficient (Wildman–Crippen LogP) is 6.00. The van der Waals surface area contributed by atoms with Crippen molar-refractivity contribution in [1.29, 1.82) is 0 Å². The Morgan fingerprint density at radius 3 is 1.60 bits per heavy atom. The van der Waals surface area contributed by atoms with E-state index in [0.29, 0.717) is 24.5 Å². The van der Waals surface area contributed by atoms with E-state index >= 15 is 0 Å². The normalized spacial score (nSPS) is 16.0. The first kappa shape index (κ1) is 37.1. The molecule has 0 bridgehead atoms. The molecule has 7 rings (SSSR count). The minimum Gasteiger partial charge on any atom is -0.413 e. The topological polar surface area (TPSA) is 162 Å². The van der Waals surface area contributed by atoms with Crippen molar-refractivity contribution in [2.45, 2.75) is 74.5 Å². The number of carbonyl (C=O) groups excluding carboxylic acids is 2. The molecule has 5 aromatic heterocycles. The number of rotatable bonds is 10. The minimum absolute atomic E-state index is 0.0433. The molecule has 0 unspecified atom stereocenters. The summed E-state index contributed by atoms with van der Waals surface area (Å²) in [5, 5.41) is 7.94. The van der Waals surface area contributed by atoms with E-state index in [1.54, 1.807) is 12.4 Å². The minimum atomic E-state index is -5.02. The van der Waals surface area contributed by atoms with Crippen LogP contribution in [-0.2, 0) is 34.6 Å². The van der Waals surface area contributed by atoms with E-state index in [2.05, 4.69) is 44.5 Å². The van der Waals surface area contributed by atoms with E-state index in [9.17, 15) is 35.9 Å². The standard InChI is InChI=1S/C18H17F3N4O2.C17H14F3N5O/c19-18(20,21)16(27)25-11-13(26)12-9-23-15(24-10-12)8-17(5-3-6-17)14-4-1-2-7-22-14;18-17(19,20)15-25-24-14(26-15)11-9-22-13(23-10-11)8-16(5-3-6-16)12-4-1-2-7-21-12/h1-2,4,7,9-10H,3,5-6,8,11H2,(H,25,27);1-2,4,7,9-10H,3,5-6,8H2. The van der Waals surface area contributed by atoms with Crippen LogP contribution in [0.2, 0.25) is 0 Å². The summed E-state index contributed by atoms with van der Waals surface area (Å²) in [6, 6.07) is 11.6. The van der Waals surface area contributed by atoms with Crippen LogP contribution < -0.4 is 5.32 Å². The molecular weight excluding hydrogens is 708 g/mol. The molecule has 12 nitrogen and oxygen atoms in total. The Bertz CT molecular complexity index is 2000. The van der Waals surface area contributed by atoms with Gasteiger partial charge in [0, 0.05) is 72.2 Å². The molecular formula is C35H31F6N9O3. The number of Topliss-reactive ketones (excluding diaryl/α,β-unsaturated/α-hetero) is 1. The van der Waals surface area contributed by atoms with Crippen LogP contribution >= 0.6 is 0 Å². The van der Waals surface area contributed by atoms with Crippen LogP contribution in [0.15, 0.2) is 78.0 Å². The Morgan fingerprint density at radius 2 is 1.21 bits per heavy atom. The third-order valence-corrected chi connectivity index (χ3v) is 9.34. The zero-order chi connectivity index (χ0) is 37.7. The second-order valence-electron chi connectivity index (χ2n) is 12.8. The molecule has 0 aromatic carbocycles. The van der Waals surface area contributed by atoms with E-state index in [0.717, 1.165) is 49.9 Å². The molecule has 0 atom stereocenters. The number of pyridine rings is 2. The maximum Gasteiger partial charge on any atom is 0.471 e. The van der Waals surface area contributed by atoms with Crippen molar-refractivity contribution in [2.24, 2.45) is 0 Å². The molecule has 5 aromatic rings. The fraction of sp³-hybridized carbons (Fsp3) is 0.371. The Hall–Kier alpha value is -5.68. The van der Waals surface area contributed by atoms with Gasteiger partial charge in [0.05, 0.1) is 17.7 Å². The lowest BCUT2D eigenvalue weighted by Gasteiger charge is -2.41. The lowest BCUT2D eigenvalue weighted by atomic mass is 9.64. The van der Waals surface area contributed by atoms with Gasteiger partial charge in [-0.3, -0.25) is 19.6 Å². The third kappa shape index (κ3) is 8.69. The molecule has 5 heterocycles. The highest BCUT2D eigenvalue weighted by Gasteiger charge is 2.42. The molecule has 276 valence electrons. The zero-order valence-electron chi connectivity index (χ0n) is 27.9. The molecule has 0 aliphatic heterocycles. The Labute approximate surface area is 298 Å². The van der Waals surface area contributed by atoms with Crippen LogP contribution in [0.1, 0.15) is 77.8 Å². The maximum atomic E-state index is 12.5. The first-order valence-corrected chi connectivity index (χ1v) is 16.5. The van der Waals surface area contributed by atoms with Crippen LogP contribution in [0.4, 0.5) is 26.3 Å². The van der Waals surface area contributed by atoms with Gasteiger partial charge in [-0.2, -0.15) is 26.3 Å². The quantitative estimate of drug-likeness (QED) is 0.132. The highest BCUT2D eigenvalue weighted by Crippen LogP contribution is 2.46. The molecule has 0 radical (unpaired) electrons. The summed E-state index contributed by atoms with van der Waals surface area (Å²) in [4.78, 5) is 48.4. The molecule has 53 heavy (non-hydrogen) atoms. The van der Waals surface area contributed by atoms with Crippen molar-refractivity contribution in [2.75, 3.05) is 6.54 Å². The summed E-state index contributed by atoms with van der Waals surface area (Å²) in [5.74, 6) is -3.35. The lowest BCUT2D eigenvalue weighted by molar-refractivity contribution is -0.173. The first-order chi connectivity index (χ1) is 25.3. The first-order valence-electron chi connectivity index (χ1n) is 16.5. The number of halogens is 6. The fourth-order valence-corrected chi connectivity index (χ4v) is 6.18. The van der Waals surface area contributed by atoms with Crippen molar-refractivity contribution in [3.8, 4) is 11.5 Å². The summed E-state index contributed by atoms with van der Waals surface area (Å²) < 4.78 is 78.7. The number of nitrogens with one attached hydrogen (secondary N) is 1. The molecule has 0 saturated heterocycles. The van der Waals surface area contributed by atoms with E-state index < -0.39 is 36.5 Å². The van der Waals surface area contributed by atoms with Crippen LogP contribution in [0.25, 0.3) is 11.5 Å². The number of alkyl halides is 6. The highest BCUT2D eigenvalue weighted by molar-refractivity contribution is 5.99. The molecule has 2 fully saturated rings. The van der Waals surface area contributed by atoms with Crippen LogP contribution in [-0.4, -0.2) is 64.5 Å². The molecule has 2 aliphatic rings. The summed E-state index contributed by atoms with van der Waals surface area (Å²) in [6.07, 6.45) is 6.53. The number of hydrogen-bond acceptors (Lipinski definition) is 11. The zero-order valence-corrected chi connectivity index (χ0v) is 27.9. The van der Waals surface area contributed by atoms with Gasteiger partial charge in [0.2, 0.25) is 0 Å². The van der Waals surface area contributed by atoms with Gasteiger partial charge in [-0.1, -0.05) is 25.0 Å². The number of aromatic nitrogens is 8. The largest absolute Gasteiger partial charge is 0.471 e. The van der Waals surface area contributed by atoms with E-state index in [1.165, 1.54) is 30.1 Å². The van der Waals surface area contributed by atoms with Crippen molar-refractivity contribution >= 4 is 11.7 Å². The van der Waals surface area contributed by atoms with Crippen molar-refractivity contribution in [3.63, 3.8) is 0 Å². The summed E-state index contributed by atoms with van der Waals surface area (Å²) in [7, 11) is 0. The van der Waals surface area contributed by atoms with Gasteiger partial charge < -0.3 is 9.73 Å². The highest BCUT2D eigenvalue weighted by atomic mass is 19.4. The second kappa shape index (κ2) is 15.1. The predicted molar refractivity (Wildman–Crippen MR) is 173 cm³/mol. The van der Waals surface area contributed by atoms with Crippen LogP contribution in [0, 0.1) is 0 Å². The van der Waals surface area contributed by atoms with Crippen LogP contribution in [0.3, 0.4) is 0 Å². The van der Waals surface area contributed by atoms with Gasteiger partial charge in [0.1, 0.15) is 11.6 Å². The molecule has 0 spiro atoms. The van der Waals surface area contributed by atoms with Gasteiger partial charge in [-0.15, -0.1) is 10.2 Å². The van der Waals surface area contributed by atoms with Gasteiger partial charge in [0.25, 0.3) is 5.89 Å². The molecule has 2 saturated carbocycles. The van der Waals surface area contributed by atoms with Gasteiger partial charge in [0.15, 0.2) is 5.78 Å². The average molecular weight is 740 g/mol. The Kier molecular flexibility index (Phi) is 10.6. The van der Waals surface area contributed by atoms with E-state index in [4.69, 9.17) is 0 Å². The number of carbonyl (C=O) groups is 2. The number of ketones is 1. The summed E-state index contributed by atoms with van der Waals surface area (Å²) in [5.41, 5.74) is 2.10. The molecule has 2 aliphatic carbocycles. The summed E-state index contributed by atoms with van der Waals surface area (Å²) >= 11 is 0. The van der Waals surface area contributed by atoms with Crippen molar-refractivity contribution in [3.05, 3.63) is 108 Å². The number of amides is 1. The fourth-order valence-electron chi connectivity index (χ4n) is 6.18. The monoisotopic (exact) mass is 739 g/mol. The number of hydrogen-bond donors (Lipinski definition) is 1. The molecule has 1 amide bonds. The number of nitrogens with zero attached hydrogens (tertiary/aromatic N) is 8. The van der Waals surface area contributed by atoms with Crippen molar-refractivity contribution < 1.29 is 40.3 Å². The lowest BCUT2D eigenvalue weighted by Crippen LogP contribution is -2.39. The van der Waals surface area contributed by atoms with Gasteiger partial charge in [-0.05, 0) is 49.9 Å². The Balaban J connectivity index is 0.000000181. The van der Waals surface area contributed by atoms with E-state index in [1.807, 2.05) is 36.4 Å². The third-order valence-electron chi connectivity index (χ3n) is 9.34. The van der Waals surface area contributed by atoms with Crippen molar-refractivity contribution in [1.82, 2.24) is 45.4 Å².